The first-order valence-electron chi connectivity index (χ1n) is 18.1. The van der Waals surface area contributed by atoms with Crippen LogP contribution in [0.15, 0.2) is 36.7 Å². The summed E-state index contributed by atoms with van der Waals surface area (Å²) in [6.07, 6.45) is 10.3. The van der Waals surface area contributed by atoms with Crippen molar-refractivity contribution in [3.8, 4) is 11.5 Å². The summed E-state index contributed by atoms with van der Waals surface area (Å²) >= 11 is 0. The monoisotopic (exact) mass is 703 g/mol. The number of piperidine rings is 2. The second-order valence-electron chi connectivity index (χ2n) is 15.1. The summed E-state index contributed by atoms with van der Waals surface area (Å²) in [6, 6.07) is 7.22. The third-order valence-electron chi connectivity index (χ3n) is 9.46. The fraction of sp³-hybridized carbons (Fsp3) is 0.568. The van der Waals surface area contributed by atoms with E-state index in [-0.39, 0.29) is 42.2 Å². The topological polar surface area (TPSA) is 179 Å². The Bertz CT molecular complexity index is 1660. The van der Waals surface area contributed by atoms with E-state index in [1.165, 1.54) is 0 Å². The lowest BCUT2D eigenvalue weighted by atomic mass is 9.91. The van der Waals surface area contributed by atoms with Gasteiger partial charge >= 0.3 is 6.09 Å². The van der Waals surface area contributed by atoms with Crippen LogP contribution >= 0.6 is 0 Å². The van der Waals surface area contributed by atoms with Crippen molar-refractivity contribution < 1.29 is 24.1 Å². The van der Waals surface area contributed by atoms with Crippen LogP contribution in [0.2, 0.25) is 0 Å². The van der Waals surface area contributed by atoms with Gasteiger partial charge in [0, 0.05) is 56.3 Å². The zero-order valence-corrected chi connectivity index (χ0v) is 30.4. The van der Waals surface area contributed by atoms with Crippen LogP contribution in [0.25, 0.3) is 11.8 Å². The summed E-state index contributed by atoms with van der Waals surface area (Å²) in [5, 5.41) is 18.6. The average Bonchev–Trinajstić information content (AvgIpc) is 3.37. The van der Waals surface area contributed by atoms with E-state index in [4.69, 9.17) is 30.8 Å². The molecule has 51 heavy (non-hydrogen) atoms. The van der Waals surface area contributed by atoms with E-state index in [2.05, 4.69) is 20.2 Å². The van der Waals surface area contributed by atoms with Crippen molar-refractivity contribution in [1.29, 1.82) is 0 Å². The number of carbonyl (C=O) groups excluding carboxylic acids is 1. The lowest BCUT2D eigenvalue weighted by molar-refractivity contribution is -0.110. The molecule has 1 aromatic carbocycles. The molecule has 1 aliphatic carbocycles. The largest absolute Gasteiger partial charge is 0.507 e. The minimum Gasteiger partial charge on any atom is -0.507 e. The first-order chi connectivity index (χ1) is 24.3. The zero-order valence-electron chi connectivity index (χ0n) is 30.4. The molecule has 1 saturated carbocycles. The van der Waals surface area contributed by atoms with Gasteiger partial charge in [-0.1, -0.05) is 12.1 Å². The molecule has 0 bridgehead atoms. The Morgan fingerprint density at radius 1 is 1.00 bits per heavy atom. The van der Waals surface area contributed by atoms with Crippen molar-refractivity contribution in [2.45, 2.75) is 109 Å². The highest BCUT2D eigenvalue weighted by molar-refractivity contribution is 5.86. The van der Waals surface area contributed by atoms with Crippen LogP contribution in [-0.4, -0.2) is 92.0 Å². The van der Waals surface area contributed by atoms with Crippen molar-refractivity contribution in [3.05, 3.63) is 47.9 Å². The molecule has 276 valence electrons. The van der Waals surface area contributed by atoms with Crippen molar-refractivity contribution in [2.24, 2.45) is 5.73 Å². The minimum absolute atomic E-state index is 0.0711. The van der Waals surface area contributed by atoms with Gasteiger partial charge in [-0.25, -0.2) is 14.8 Å². The number of para-hydroxylation sites is 1. The number of carbonyl (C=O) groups is 1. The molecule has 14 nitrogen and oxygen atoms in total. The van der Waals surface area contributed by atoms with Crippen LogP contribution in [0.3, 0.4) is 0 Å². The number of nitrogens with two attached hydrogens (primary N) is 2. The van der Waals surface area contributed by atoms with Gasteiger partial charge in [-0.3, -0.25) is 4.68 Å². The van der Waals surface area contributed by atoms with Crippen molar-refractivity contribution >= 4 is 35.3 Å². The van der Waals surface area contributed by atoms with Crippen molar-refractivity contribution in [1.82, 2.24) is 24.6 Å². The number of phenols is 1. The number of nitrogens with one attached hydrogen (secondary N) is 1. The van der Waals surface area contributed by atoms with Gasteiger partial charge in [0.05, 0.1) is 36.3 Å². The van der Waals surface area contributed by atoms with E-state index in [1.54, 1.807) is 41.6 Å². The Kier molecular flexibility index (Phi) is 10.8. The normalized spacial score (nSPS) is 20.7. The number of ether oxygens (including phenoxy) is 3. The number of benzene rings is 1. The molecule has 6 rings (SSSR count). The molecule has 2 saturated heterocycles. The van der Waals surface area contributed by atoms with E-state index >= 15 is 0 Å². The molecule has 6 N–H and O–H groups in total. The van der Waals surface area contributed by atoms with Gasteiger partial charge in [-0.15, -0.1) is 0 Å². The predicted molar refractivity (Wildman–Crippen MR) is 197 cm³/mol. The first-order valence-corrected chi connectivity index (χ1v) is 18.1. The Hall–Kier alpha value is -4.72. The molecule has 4 heterocycles. The maximum atomic E-state index is 12.3. The van der Waals surface area contributed by atoms with Gasteiger partial charge in [-0.05, 0) is 78.5 Å². The predicted octanol–water partition coefficient (Wildman–Crippen LogP) is 5.41. The summed E-state index contributed by atoms with van der Waals surface area (Å²) in [4.78, 5) is 25.5. The summed E-state index contributed by atoms with van der Waals surface area (Å²) in [5.74, 6) is 2.04. The maximum absolute atomic E-state index is 12.3. The van der Waals surface area contributed by atoms with Crippen LogP contribution in [0.1, 0.15) is 90.4 Å². The van der Waals surface area contributed by atoms with E-state index in [9.17, 15) is 9.90 Å². The summed E-state index contributed by atoms with van der Waals surface area (Å²) in [5.41, 5.74) is 14.8. The molecular formula is C37H53N9O5. The molecule has 0 atom stereocenters. The summed E-state index contributed by atoms with van der Waals surface area (Å²) in [6.45, 7) is 12.5. The smallest absolute Gasteiger partial charge is 0.410 e. The summed E-state index contributed by atoms with van der Waals surface area (Å²) < 4.78 is 19.9. The fourth-order valence-corrected chi connectivity index (χ4v) is 6.74. The van der Waals surface area contributed by atoms with Gasteiger partial charge in [0.1, 0.15) is 23.1 Å². The third kappa shape index (κ3) is 8.96. The van der Waals surface area contributed by atoms with Crippen molar-refractivity contribution in [3.63, 3.8) is 0 Å². The lowest BCUT2D eigenvalue weighted by Crippen LogP contribution is -2.46. The van der Waals surface area contributed by atoms with Gasteiger partial charge in [0.15, 0.2) is 11.6 Å². The highest BCUT2D eigenvalue weighted by atomic mass is 16.6. The molecule has 14 heteroatoms. The van der Waals surface area contributed by atoms with E-state index in [1.807, 2.05) is 45.4 Å². The molecular weight excluding hydrogens is 650 g/mol. The summed E-state index contributed by atoms with van der Waals surface area (Å²) in [7, 11) is 0. The Balaban J connectivity index is 0.984. The van der Waals surface area contributed by atoms with Crippen LogP contribution in [0.5, 0.6) is 11.5 Å². The minimum atomic E-state index is -0.489. The van der Waals surface area contributed by atoms with Gasteiger partial charge in [0.25, 0.3) is 0 Å². The standard InChI is InChI=1S/C37H53N9O5/c1-23(2)42-34-33(39)31(20-30(38)29-8-6-7-9-32(29)47)46(43-34)24-10-14-44(15-11-24)35-40-21-28(22-41-35)50-27-18-26(19-27)49-25-12-16-45(17-13-25)36(48)51-37(3,4)5/h6-9,20-27,47H,10-19,38-39H2,1-5H3,(H,42,43)/b30-20-. The Morgan fingerprint density at radius 2 is 1.67 bits per heavy atom. The van der Waals surface area contributed by atoms with Gasteiger partial charge in [0.2, 0.25) is 5.95 Å². The molecule has 2 aliphatic heterocycles. The van der Waals surface area contributed by atoms with E-state index in [0.29, 0.717) is 53.2 Å². The number of aromatic nitrogens is 4. The number of likely N-dealkylation sites (tertiary alicyclic amines) is 1. The number of rotatable bonds is 10. The highest BCUT2D eigenvalue weighted by Gasteiger charge is 2.36. The molecule has 3 aliphatic rings. The van der Waals surface area contributed by atoms with Crippen LogP contribution in [-0.2, 0) is 9.47 Å². The average molecular weight is 704 g/mol. The maximum Gasteiger partial charge on any atom is 0.410 e. The molecule has 0 spiro atoms. The lowest BCUT2D eigenvalue weighted by Gasteiger charge is -2.40. The number of phenolic OH excluding ortho intramolecular Hbond substituents is 1. The highest BCUT2D eigenvalue weighted by Crippen LogP contribution is 2.35. The number of hydrogen-bond donors (Lipinski definition) is 4. The molecule has 0 unspecified atom stereocenters. The fourth-order valence-electron chi connectivity index (χ4n) is 6.74. The van der Waals surface area contributed by atoms with E-state index < -0.39 is 5.60 Å². The molecule has 1 amide bonds. The number of hydrogen-bond acceptors (Lipinski definition) is 12. The Morgan fingerprint density at radius 3 is 2.29 bits per heavy atom. The van der Waals surface area contributed by atoms with Crippen molar-refractivity contribution in [2.75, 3.05) is 42.1 Å². The van der Waals surface area contributed by atoms with Gasteiger partial charge < -0.3 is 45.9 Å². The van der Waals surface area contributed by atoms with Crippen LogP contribution < -0.4 is 26.4 Å². The number of aromatic hydroxyl groups is 1. The van der Waals surface area contributed by atoms with E-state index in [0.717, 1.165) is 51.6 Å². The number of nitrogen functional groups attached to an aromatic ring is 1. The first kappa shape index (κ1) is 36.1. The number of amides is 1. The van der Waals surface area contributed by atoms with Crippen LogP contribution in [0.4, 0.5) is 22.2 Å². The van der Waals surface area contributed by atoms with Gasteiger partial charge in [-0.2, -0.15) is 5.10 Å². The zero-order chi connectivity index (χ0) is 36.3. The molecule has 2 aromatic heterocycles. The molecule has 3 fully saturated rings. The molecule has 3 aromatic rings. The molecule has 0 radical (unpaired) electrons. The Labute approximate surface area is 300 Å². The number of nitrogens with zero attached hydrogens (tertiary/aromatic N) is 6. The third-order valence-corrected chi connectivity index (χ3v) is 9.46. The van der Waals surface area contributed by atoms with Crippen LogP contribution in [0, 0.1) is 0 Å². The second-order valence-corrected chi connectivity index (χ2v) is 15.1. The SMILES string of the molecule is CC(C)Nc1nn(C2CCN(c3ncc(OC4CC(OC5CCN(C(=O)OC(C)(C)C)CC5)C4)cn3)CC2)c(/C=C(\N)c2ccccc2O)c1N. The quantitative estimate of drug-likeness (QED) is 0.211. The second kappa shape index (κ2) is 15.3. The number of anilines is 3.